The summed E-state index contributed by atoms with van der Waals surface area (Å²) in [6.07, 6.45) is 0. The van der Waals surface area contributed by atoms with Crippen molar-refractivity contribution in [2.45, 2.75) is 26.4 Å². The van der Waals surface area contributed by atoms with Crippen molar-refractivity contribution < 1.29 is 14.2 Å². The zero-order chi connectivity index (χ0) is 13.2. The highest BCUT2D eigenvalue weighted by Crippen LogP contribution is 2.27. The Morgan fingerprint density at radius 2 is 1.83 bits per heavy atom. The first-order valence-corrected chi connectivity index (χ1v) is 5.60. The molecule has 0 atom stereocenters. The lowest BCUT2D eigenvalue weighted by molar-refractivity contribution is -0.276. The van der Waals surface area contributed by atoms with Crippen LogP contribution in [-0.4, -0.2) is 10.6 Å². The Morgan fingerprint density at radius 1 is 1.17 bits per heavy atom. The molecule has 0 amide bonds. The number of benzene rings is 1. The van der Waals surface area contributed by atoms with Crippen molar-refractivity contribution in [1.29, 1.82) is 0 Å². The molecular weight excluding hydrogens is 234 g/mol. The van der Waals surface area contributed by atoms with E-state index in [1.165, 1.54) is 0 Å². The normalized spacial score (nSPS) is 11.5. The molecule has 1 aromatic heterocycles. The maximum Gasteiger partial charge on any atom is 0.419 e. The Hall–Kier alpha value is -2.01. The van der Waals surface area contributed by atoms with Gasteiger partial charge >= 0.3 is 5.76 Å². The van der Waals surface area contributed by atoms with Crippen molar-refractivity contribution in [2.75, 3.05) is 0 Å². The molecule has 0 unspecified atom stereocenters. The van der Waals surface area contributed by atoms with Gasteiger partial charge in [-0.3, -0.25) is 4.98 Å². The molecule has 0 radical (unpaired) electrons. The minimum Gasteiger partial charge on any atom is -0.403 e. The van der Waals surface area contributed by atoms with E-state index >= 15 is 0 Å². The molecule has 1 heterocycles. The van der Waals surface area contributed by atoms with Crippen molar-refractivity contribution in [1.82, 2.24) is 4.98 Å². The van der Waals surface area contributed by atoms with Crippen LogP contribution in [0.25, 0.3) is 11.3 Å². The second-order valence-corrected chi connectivity index (χ2v) is 4.82. The summed E-state index contributed by atoms with van der Waals surface area (Å²) in [7, 11) is 0. The summed E-state index contributed by atoms with van der Waals surface area (Å²) in [6, 6.07) is 9.19. The summed E-state index contributed by atoms with van der Waals surface area (Å²) < 4.78 is 5.05. The number of rotatable bonds is 3. The third-order valence-electron chi connectivity index (χ3n) is 2.03. The van der Waals surface area contributed by atoms with E-state index in [0.29, 0.717) is 5.76 Å². The second kappa shape index (κ2) is 4.70. The minimum atomic E-state index is -0.582. The van der Waals surface area contributed by atoms with E-state index < -0.39 is 11.4 Å². The number of aromatic nitrogens is 1. The fourth-order valence-electron chi connectivity index (χ4n) is 1.32. The zero-order valence-electron chi connectivity index (χ0n) is 10.5. The van der Waals surface area contributed by atoms with Crippen LogP contribution in [0.3, 0.4) is 0 Å². The van der Waals surface area contributed by atoms with Gasteiger partial charge in [-0.1, -0.05) is 30.3 Å². The summed E-state index contributed by atoms with van der Waals surface area (Å²) in [5, 5.41) is 0. The smallest absolute Gasteiger partial charge is 0.403 e. The maximum absolute atomic E-state index is 11.3. The maximum atomic E-state index is 11.3. The molecule has 0 fully saturated rings. The van der Waals surface area contributed by atoms with Crippen LogP contribution in [0.4, 0.5) is 0 Å². The average molecular weight is 249 g/mol. The Morgan fingerprint density at radius 3 is 2.44 bits per heavy atom. The van der Waals surface area contributed by atoms with Gasteiger partial charge in [-0.2, -0.15) is 4.89 Å². The molecule has 2 rings (SSSR count). The zero-order valence-corrected chi connectivity index (χ0v) is 10.5. The molecular formula is C13H15NO4. The number of hydrogen-bond donors (Lipinski definition) is 1. The molecule has 0 bridgehead atoms. The molecule has 5 heteroatoms. The van der Waals surface area contributed by atoms with Crippen molar-refractivity contribution in [3.63, 3.8) is 0 Å². The molecule has 0 saturated carbocycles. The Labute approximate surface area is 104 Å². The molecule has 5 nitrogen and oxygen atoms in total. The highest BCUT2D eigenvalue weighted by atomic mass is 17.2. The van der Waals surface area contributed by atoms with Crippen LogP contribution in [0.1, 0.15) is 20.8 Å². The van der Waals surface area contributed by atoms with E-state index in [9.17, 15) is 4.79 Å². The first kappa shape index (κ1) is 12.4. The molecule has 1 aromatic carbocycles. The number of oxazole rings is 1. The predicted octanol–water partition coefficient (Wildman–Crippen LogP) is 2.74. The fourth-order valence-corrected chi connectivity index (χ4v) is 1.32. The standard InChI is InChI=1S/C13H15NO4/c1-13(2,3)18-17-11-10(16-12(15)14-11)9-7-5-4-6-8-9/h4-8H,1-3H3,(H,14,15). The van der Waals surface area contributed by atoms with Crippen LogP contribution in [0.2, 0.25) is 0 Å². The van der Waals surface area contributed by atoms with Crippen molar-refractivity contribution in [3.05, 3.63) is 40.9 Å². The Kier molecular flexibility index (Phi) is 3.25. The van der Waals surface area contributed by atoms with E-state index in [4.69, 9.17) is 14.2 Å². The quantitative estimate of drug-likeness (QED) is 0.671. The van der Waals surface area contributed by atoms with Gasteiger partial charge in [-0.15, -0.1) is 0 Å². The van der Waals surface area contributed by atoms with Crippen LogP contribution < -0.4 is 10.6 Å². The summed E-state index contributed by atoms with van der Waals surface area (Å²) in [5.74, 6) is -0.0904. The molecule has 0 aliphatic rings. The largest absolute Gasteiger partial charge is 0.419 e. The molecule has 1 N–H and O–H groups in total. The lowest BCUT2D eigenvalue weighted by Gasteiger charge is -2.16. The molecule has 2 aromatic rings. The van der Waals surface area contributed by atoms with Crippen molar-refractivity contribution >= 4 is 0 Å². The van der Waals surface area contributed by atoms with Crippen LogP contribution in [0.5, 0.6) is 5.88 Å². The van der Waals surface area contributed by atoms with E-state index in [2.05, 4.69) is 4.98 Å². The van der Waals surface area contributed by atoms with Gasteiger partial charge in [0.1, 0.15) is 5.60 Å². The lowest BCUT2D eigenvalue weighted by atomic mass is 10.2. The molecule has 96 valence electrons. The number of hydrogen-bond acceptors (Lipinski definition) is 4. The van der Waals surface area contributed by atoms with Crippen LogP contribution in [-0.2, 0) is 4.89 Å². The molecule has 0 saturated heterocycles. The van der Waals surface area contributed by atoms with E-state index in [1.54, 1.807) is 0 Å². The molecule has 0 aliphatic heterocycles. The first-order chi connectivity index (χ1) is 8.46. The van der Waals surface area contributed by atoms with Crippen LogP contribution >= 0.6 is 0 Å². The highest BCUT2D eigenvalue weighted by Gasteiger charge is 2.18. The third-order valence-corrected chi connectivity index (χ3v) is 2.03. The van der Waals surface area contributed by atoms with E-state index in [0.717, 1.165) is 5.56 Å². The monoisotopic (exact) mass is 249 g/mol. The predicted molar refractivity (Wildman–Crippen MR) is 66.2 cm³/mol. The van der Waals surface area contributed by atoms with Gasteiger partial charge in [0.15, 0.2) is 0 Å². The van der Waals surface area contributed by atoms with Crippen LogP contribution in [0.15, 0.2) is 39.5 Å². The lowest BCUT2D eigenvalue weighted by Crippen LogP contribution is -2.21. The summed E-state index contributed by atoms with van der Waals surface area (Å²) in [4.78, 5) is 24.0. The SMILES string of the molecule is CC(C)(C)OOc1[nH]c(=O)oc1-c1ccccc1. The minimum absolute atomic E-state index is 0.168. The number of nitrogens with one attached hydrogen (secondary N) is 1. The van der Waals surface area contributed by atoms with E-state index in [-0.39, 0.29) is 5.88 Å². The number of aromatic amines is 1. The Balaban J connectivity index is 2.29. The first-order valence-electron chi connectivity index (χ1n) is 5.60. The Bertz CT molecular complexity index is 563. The summed E-state index contributed by atoms with van der Waals surface area (Å²) in [6.45, 7) is 5.52. The highest BCUT2D eigenvalue weighted by molar-refractivity contribution is 5.61. The third kappa shape index (κ3) is 3.01. The summed E-state index contributed by atoms with van der Waals surface area (Å²) >= 11 is 0. The summed E-state index contributed by atoms with van der Waals surface area (Å²) in [5.41, 5.74) is 0.255. The van der Waals surface area contributed by atoms with Crippen LogP contribution in [0, 0.1) is 0 Å². The van der Waals surface area contributed by atoms with Gasteiger partial charge in [0.2, 0.25) is 5.76 Å². The van der Waals surface area contributed by atoms with E-state index in [1.807, 2.05) is 51.1 Å². The van der Waals surface area contributed by atoms with Gasteiger partial charge in [-0.25, -0.2) is 4.79 Å². The van der Waals surface area contributed by atoms with Crippen molar-refractivity contribution in [2.24, 2.45) is 0 Å². The fraction of sp³-hybridized carbons (Fsp3) is 0.308. The average Bonchev–Trinajstić information content (AvgIpc) is 2.68. The van der Waals surface area contributed by atoms with Gasteiger partial charge in [0.05, 0.1) is 0 Å². The van der Waals surface area contributed by atoms with Gasteiger partial charge in [-0.05, 0) is 20.8 Å². The van der Waals surface area contributed by atoms with Gasteiger partial charge in [0, 0.05) is 5.56 Å². The van der Waals surface area contributed by atoms with Gasteiger partial charge in [0.25, 0.3) is 5.88 Å². The molecule has 18 heavy (non-hydrogen) atoms. The molecule has 0 aliphatic carbocycles. The topological polar surface area (TPSA) is 64.5 Å². The van der Waals surface area contributed by atoms with Gasteiger partial charge < -0.3 is 9.30 Å². The molecule has 0 spiro atoms. The second-order valence-electron chi connectivity index (χ2n) is 4.82. The van der Waals surface area contributed by atoms with Crippen molar-refractivity contribution in [3.8, 4) is 17.2 Å². The number of H-pyrrole nitrogens is 1.